The van der Waals surface area contributed by atoms with Crippen LogP contribution < -0.4 is 11.1 Å². The summed E-state index contributed by atoms with van der Waals surface area (Å²) in [5.41, 5.74) is 4.59. The molecule has 0 aliphatic heterocycles. The highest BCUT2D eigenvalue weighted by atomic mass is 16.2. The first-order valence-corrected chi connectivity index (χ1v) is 8.79. The van der Waals surface area contributed by atoms with Crippen molar-refractivity contribution in [3.63, 3.8) is 0 Å². The number of carbonyl (C=O) groups is 2. The molecule has 6 nitrogen and oxygen atoms in total. The minimum absolute atomic E-state index is 0.109. The normalized spacial score (nSPS) is 21.6. The van der Waals surface area contributed by atoms with Gasteiger partial charge in [-0.2, -0.15) is 5.26 Å². The van der Waals surface area contributed by atoms with E-state index in [1.165, 1.54) is 0 Å². The van der Waals surface area contributed by atoms with Gasteiger partial charge in [0.2, 0.25) is 11.8 Å². The van der Waals surface area contributed by atoms with Crippen molar-refractivity contribution in [2.45, 2.75) is 75.8 Å². The second kappa shape index (κ2) is 8.30. The van der Waals surface area contributed by atoms with Crippen molar-refractivity contribution in [3.8, 4) is 6.07 Å². The third-order valence-electron chi connectivity index (χ3n) is 5.10. The van der Waals surface area contributed by atoms with Gasteiger partial charge in [-0.3, -0.25) is 14.5 Å². The van der Waals surface area contributed by atoms with Gasteiger partial charge >= 0.3 is 0 Å². The number of carbonyl (C=O) groups excluding carboxylic acids is 2. The fraction of sp³-hybridized carbons (Fsp3) is 0.824. The molecule has 0 aromatic carbocycles. The minimum Gasteiger partial charge on any atom is -0.369 e. The summed E-state index contributed by atoms with van der Waals surface area (Å²) in [6.45, 7) is 0.259. The number of nitrogens with one attached hydrogen (secondary N) is 1. The third kappa shape index (κ3) is 5.21. The molecule has 0 aromatic rings. The predicted octanol–water partition coefficient (Wildman–Crippen LogP) is 1.45. The van der Waals surface area contributed by atoms with Crippen molar-refractivity contribution in [2.24, 2.45) is 5.73 Å². The van der Waals surface area contributed by atoms with E-state index in [0.29, 0.717) is 12.8 Å². The smallest absolute Gasteiger partial charge is 0.235 e. The molecule has 23 heavy (non-hydrogen) atoms. The molecule has 0 heterocycles. The van der Waals surface area contributed by atoms with Gasteiger partial charge in [-0.05, 0) is 25.7 Å². The number of hydrogen-bond donors (Lipinski definition) is 2. The zero-order chi connectivity index (χ0) is 16.7. The molecule has 0 bridgehead atoms. The van der Waals surface area contributed by atoms with Crippen LogP contribution in [0.15, 0.2) is 0 Å². The molecule has 2 fully saturated rings. The van der Waals surface area contributed by atoms with Crippen LogP contribution in [0.2, 0.25) is 0 Å². The van der Waals surface area contributed by atoms with E-state index in [0.717, 1.165) is 51.4 Å². The zero-order valence-corrected chi connectivity index (χ0v) is 13.9. The summed E-state index contributed by atoms with van der Waals surface area (Å²) < 4.78 is 0. The average molecular weight is 320 g/mol. The second-order valence-corrected chi connectivity index (χ2v) is 6.97. The van der Waals surface area contributed by atoms with Crippen LogP contribution in [0.1, 0.15) is 64.2 Å². The van der Waals surface area contributed by atoms with Crippen LogP contribution in [0, 0.1) is 11.3 Å². The second-order valence-electron chi connectivity index (χ2n) is 6.97. The van der Waals surface area contributed by atoms with Crippen molar-refractivity contribution in [1.82, 2.24) is 10.2 Å². The number of primary amides is 1. The first kappa shape index (κ1) is 17.7. The molecule has 128 valence electrons. The molecule has 3 N–H and O–H groups in total. The van der Waals surface area contributed by atoms with Gasteiger partial charge in [0.1, 0.15) is 5.54 Å². The first-order chi connectivity index (χ1) is 11.0. The molecule has 0 saturated heterocycles. The van der Waals surface area contributed by atoms with Gasteiger partial charge in [-0.15, -0.1) is 0 Å². The molecule has 2 rings (SSSR count). The summed E-state index contributed by atoms with van der Waals surface area (Å²) in [7, 11) is 0. The summed E-state index contributed by atoms with van der Waals surface area (Å²) >= 11 is 0. The fourth-order valence-corrected chi connectivity index (χ4v) is 3.87. The molecule has 0 aromatic heterocycles. The molecule has 2 amide bonds. The molecule has 2 aliphatic rings. The van der Waals surface area contributed by atoms with E-state index < -0.39 is 11.4 Å². The summed E-state index contributed by atoms with van der Waals surface area (Å²) in [6, 6.07) is 2.58. The lowest BCUT2D eigenvalue weighted by Crippen LogP contribution is -2.52. The summed E-state index contributed by atoms with van der Waals surface area (Å²) in [6.07, 6.45) is 9.89. The van der Waals surface area contributed by atoms with Gasteiger partial charge in [0.25, 0.3) is 0 Å². The van der Waals surface area contributed by atoms with Gasteiger partial charge in [0.15, 0.2) is 0 Å². The highest BCUT2D eigenvalue weighted by molar-refractivity contribution is 5.81. The van der Waals surface area contributed by atoms with E-state index in [1.807, 2.05) is 4.90 Å². The number of nitrogens with zero attached hydrogens (tertiary/aromatic N) is 2. The lowest BCUT2D eigenvalue weighted by Gasteiger charge is -2.30. The maximum atomic E-state index is 12.5. The highest BCUT2D eigenvalue weighted by Gasteiger charge is 2.34. The number of hydrogen-bond acceptors (Lipinski definition) is 4. The summed E-state index contributed by atoms with van der Waals surface area (Å²) in [4.78, 5) is 25.7. The van der Waals surface area contributed by atoms with Crippen LogP contribution in [0.4, 0.5) is 0 Å². The van der Waals surface area contributed by atoms with Crippen LogP contribution in [0.3, 0.4) is 0 Å². The average Bonchev–Trinajstić information content (AvgIpc) is 2.94. The number of nitrogens with two attached hydrogens (primary N) is 1. The van der Waals surface area contributed by atoms with Crippen LogP contribution in [-0.2, 0) is 9.59 Å². The van der Waals surface area contributed by atoms with Gasteiger partial charge in [0.05, 0.1) is 19.2 Å². The Morgan fingerprint density at radius 3 is 2.22 bits per heavy atom. The number of amides is 2. The highest BCUT2D eigenvalue weighted by Crippen LogP contribution is 2.27. The molecule has 0 unspecified atom stereocenters. The van der Waals surface area contributed by atoms with E-state index in [1.54, 1.807) is 0 Å². The van der Waals surface area contributed by atoms with E-state index >= 15 is 0 Å². The molecule has 2 aliphatic carbocycles. The summed E-state index contributed by atoms with van der Waals surface area (Å²) in [5.74, 6) is -0.573. The van der Waals surface area contributed by atoms with Crippen molar-refractivity contribution < 1.29 is 9.59 Å². The van der Waals surface area contributed by atoms with Crippen LogP contribution in [-0.4, -0.2) is 41.4 Å². The molecule has 2 saturated carbocycles. The monoisotopic (exact) mass is 320 g/mol. The lowest BCUT2D eigenvalue weighted by molar-refractivity contribution is -0.125. The largest absolute Gasteiger partial charge is 0.369 e. The number of nitriles is 1. The van der Waals surface area contributed by atoms with E-state index in [-0.39, 0.29) is 25.0 Å². The Hall–Kier alpha value is -1.61. The van der Waals surface area contributed by atoms with E-state index in [4.69, 9.17) is 5.73 Å². The molecule has 6 heteroatoms. The number of rotatable bonds is 6. The maximum Gasteiger partial charge on any atom is 0.235 e. The Bertz CT molecular complexity index is 458. The molecular formula is C17H28N4O2. The topological polar surface area (TPSA) is 99.2 Å². The minimum atomic E-state index is -0.734. The molecule has 0 atom stereocenters. The SMILES string of the molecule is N#CC1(NC(=O)CN(CC(N)=O)C2CCCC2)CCCCCC1. The predicted molar refractivity (Wildman–Crippen MR) is 87.2 cm³/mol. The van der Waals surface area contributed by atoms with Gasteiger partial charge in [-0.1, -0.05) is 38.5 Å². The van der Waals surface area contributed by atoms with Gasteiger partial charge < -0.3 is 11.1 Å². The first-order valence-electron chi connectivity index (χ1n) is 8.79. The van der Waals surface area contributed by atoms with Gasteiger partial charge in [0, 0.05) is 6.04 Å². The Morgan fingerprint density at radius 1 is 1.09 bits per heavy atom. The zero-order valence-electron chi connectivity index (χ0n) is 13.9. The standard InChI is InChI=1S/C17H28N4O2/c18-13-17(9-5-1-2-6-10-17)20-16(23)12-21(11-15(19)22)14-7-3-4-8-14/h14H,1-12H2,(H2,19,22)(H,20,23). The third-order valence-corrected chi connectivity index (χ3v) is 5.10. The quantitative estimate of drug-likeness (QED) is 0.723. The molecular weight excluding hydrogens is 292 g/mol. The van der Waals surface area contributed by atoms with Gasteiger partial charge in [-0.25, -0.2) is 0 Å². The van der Waals surface area contributed by atoms with E-state index in [9.17, 15) is 14.9 Å². The van der Waals surface area contributed by atoms with E-state index in [2.05, 4.69) is 11.4 Å². The van der Waals surface area contributed by atoms with Crippen molar-refractivity contribution in [1.29, 1.82) is 5.26 Å². The van der Waals surface area contributed by atoms with Crippen molar-refractivity contribution in [3.05, 3.63) is 0 Å². The fourth-order valence-electron chi connectivity index (χ4n) is 3.87. The van der Waals surface area contributed by atoms with Crippen LogP contribution >= 0.6 is 0 Å². The van der Waals surface area contributed by atoms with Crippen molar-refractivity contribution in [2.75, 3.05) is 13.1 Å². The summed E-state index contributed by atoms with van der Waals surface area (Å²) in [5, 5.41) is 12.5. The van der Waals surface area contributed by atoms with Crippen molar-refractivity contribution >= 4 is 11.8 Å². The Balaban J connectivity index is 1.96. The Morgan fingerprint density at radius 2 is 1.70 bits per heavy atom. The molecule has 0 radical (unpaired) electrons. The Kier molecular flexibility index (Phi) is 6.40. The molecule has 0 spiro atoms. The maximum absolute atomic E-state index is 12.5. The van der Waals surface area contributed by atoms with Crippen LogP contribution in [0.25, 0.3) is 0 Å². The van der Waals surface area contributed by atoms with Crippen LogP contribution in [0.5, 0.6) is 0 Å². The lowest BCUT2D eigenvalue weighted by atomic mass is 9.92. The Labute approximate surface area is 138 Å².